The van der Waals surface area contributed by atoms with Gasteiger partial charge in [0.25, 0.3) is 5.69 Å². The van der Waals surface area contributed by atoms with E-state index in [1.165, 1.54) is 13.3 Å². The summed E-state index contributed by atoms with van der Waals surface area (Å²) in [6.45, 7) is 0.324. The van der Waals surface area contributed by atoms with Gasteiger partial charge in [-0.25, -0.2) is 0 Å². The highest BCUT2D eigenvalue weighted by atomic mass is 19.4. The monoisotopic (exact) mass is 495 g/mol. The fraction of sp³-hybridized carbons (Fsp3) is 0.115. The van der Waals surface area contributed by atoms with Gasteiger partial charge in [-0.05, 0) is 52.2 Å². The summed E-state index contributed by atoms with van der Waals surface area (Å²) in [6.07, 6.45) is -3.33. The Morgan fingerprint density at radius 2 is 1.78 bits per heavy atom. The molecule has 0 saturated carbocycles. The Bertz CT molecular complexity index is 1430. The van der Waals surface area contributed by atoms with E-state index in [1.807, 2.05) is 42.5 Å². The van der Waals surface area contributed by atoms with Crippen LogP contribution in [-0.4, -0.2) is 18.2 Å². The zero-order chi connectivity index (χ0) is 25.7. The van der Waals surface area contributed by atoms with Crippen LogP contribution in [0.4, 0.5) is 24.5 Å². The Balaban J connectivity index is 1.48. The molecule has 0 fully saturated rings. The van der Waals surface area contributed by atoms with Crippen molar-refractivity contribution in [2.45, 2.75) is 12.8 Å². The molecule has 4 aromatic rings. The quantitative estimate of drug-likeness (QED) is 0.165. The molecule has 0 unspecified atom stereocenters. The minimum Gasteiger partial charge on any atom is -0.493 e. The number of benzene rings is 4. The van der Waals surface area contributed by atoms with Crippen LogP contribution in [-0.2, 0) is 12.8 Å². The molecular weight excluding hydrogens is 475 g/mol. The molecule has 184 valence electrons. The molecule has 1 N–H and O–H groups in total. The van der Waals surface area contributed by atoms with Gasteiger partial charge in [0.15, 0.2) is 11.5 Å². The third-order valence-electron chi connectivity index (χ3n) is 5.37. The Hall–Kier alpha value is -4.60. The first-order chi connectivity index (χ1) is 17.3. The largest absolute Gasteiger partial charge is 0.493 e. The number of methoxy groups -OCH3 is 1. The molecule has 0 radical (unpaired) electrons. The van der Waals surface area contributed by atoms with E-state index in [-0.39, 0.29) is 5.69 Å². The van der Waals surface area contributed by atoms with Crippen LogP contribution in [0.5, 0.6) is 11.5 Å². The van der Waals surface area contributed by atoms with Crippen LogP contribution in [0, 0.1) is 10.1 Å². The van der Waals surface area contributed by atoms with Crippen molar-refractivity contribution < 1.29 is 27.6 Å². The molecule has 0 spiro atoms. The fourth-order valence-electron chi connectivity index (χ4n) is 3.59. The van der Waals surface area contributed by atoms with E-state index in [4.69, 9.17) is 9.47 Å². The summed E-state index contributed by atoms with van der Waals surface area (Å²) in [4.78, 5) is 10.3. The van der Waals surface area contributed by atoms with Crippen LogP contribution >= 0.6 is 0 Å². The summed E-state index contributed by atoms with van der Waals surface area (Å²) >= 11 is 0. The number of rotatable bonds is 8. The average molecular weight is 495 g/mol. The first kappa shape index (κ1) is 24.5. The van der Waals surface area contributed by atoms with Crippen LogP contribution in [0.25, 0.3) is 10.8 Å². The summed E-state index contributed by atoms with van der Waals surface area (Å²) in [5.41, 5.74) is 1.99. The smallest absolute Gasteiger partial charge is 0.416 e. The van der Waals surface area contributed by atoms with Crippen molar-refractivity contribution in [1.82, 2.24) is 0 Å². The molecule has 0 bridgehead atoms. The Labute approximate surface area is 203 Å². The summed E-state index contributed by atoms with van der Waals surface area (Å²) in [5, 5.41) is 17.3. The van der Waals surface area contributed by atoms with Crippen LogP contribution in [0.3, 0.4) is 0 Å². The number of hydrogen-bond acceptors (Lipinski definition) is 6. The van der Waals surface area contributed by atoms with Gasteiger partial charge in [-0.1, -0.05) is 42.5 Å². The van der Waals surface area contributed by atoms with Gasteiger partial charge >= 0.3 is 6.18 Å². The van der Waals surface area contributed by atoms with Gasteiger partial charge < -0.3 is 9.47 Å². The molecule has 0 aliphatic carbocycles. The van der Waals surface area contributed by atoms with Gasteiger partial charge in [0.2, 0.25) is 0 Å². The Kier molecular flexibility index (Phi) is 7.05. The van der Waals surface area contributed by atoms with E-state index >= 15 is 0 Å². The second kappa shape index (κ2) is 10.3. The molecule has 0 aliphatic heterocycles. The number of anilines is 1. The standard InChI is InChI=1S/C26H20F3N3O4/c1-35-25-13-17(15-30-31-22-11-10-20(26(27,28)29)14-23(22)32(33)34)9-12-24(25)36-16-19-7-4-6-18-5-2-3-8-21(18)19/h2-15,31H,16H2,1H3/b30-15-. The first-order valence-corrected chi connectivity index (χ1v) is 10.7. The number of nitrogens with one attached hydrogen (secondary N) is 1. The number of nitro benzene ring substituents is 1. The van der Waals surface area contributed by atoms with Crippen molar-refractivity contribution in [3.8, 4) is 11.5 Å². The van der Waals surface area contributed by atoms with Gasteiger partial charge in [0.05, 0.1) is 23.8 Å². The van der Waals surface area contributed by atoms with E-state index in [2.05, 4.69) is 10.5 Å². The van der Waals surface area contributed by atoms with Crippen molar-refractivity contribution in [1.29, 1.82) is 0 Å². The van der Waals surface area contributed by atoms with E-state index in [0.29, 0.717) is 29.7 Å². The number of ether oxygens (including phenoxy) is 2. The van der Waals surface area contributed by atoms with Crippen LogP contribution in [0.15, 0.2) is 84.0 Å². The summed E-state index contributed by atoms with van der Waals surface area (Å²) in [5.74, 6) is 0.952. The maximum absolute atomic E-state index is 12.9. The number of hydrazone groups is 1. The molecule has 4 aromatic carbocycles. The highest BCUT2D eigenvalue weighted by Crippen LogP contribution is 2.35. The minimum absolute atomic E-state index is 0.175. The van der Waals surface area contributed by atoms with E-state index < -0.39 is 22.4 Å². The summed E-state index contributed by atoms with van der Waals surface area (Å²) in [6, 6.07) is 21.2. The molecule has 10 heteroatoms. The van der Waals surface area contributed by atoms with Gasteiger partial charge in [-0.2, -0.15) is 18.3 Å². The predicted molar refractivity (Wildman–Crippen MR) is 131 cm³/mol. The number of nitro groups is 1. The molecule has 0 atom stereocenters. The van der Waals surface area contributed by atoms with Gasteiger partial charge in [-0.3, -0.25) is 15.5 Å². The number of hydrogen-bond donors (Lipinski definition) is 1. The summed E-state index contributed by atoms with van der Waals surface area (Å²) < 4.78 is 50.0. The van der Waals surface area contributed by atoms with Gasteiger partial charge in [-0.15, -0.1) is 0 Å². The van der Waals surface area contributed by atoms with Crippen molar-refractivity contribution in [2.24, 2.45) is 5.10 Å². The summed E-state index contributed by atoms with van der Waals surface area (Å²) in [7, 11) is 1.49. The normalized spacial score (nSPS) is 11.6. The molecule has 4 rings (SSSR count). The molecule has 0 aromatic heterocycles. The van der Waals surface area contributed by atoms with Crippen LogP contribution in [0.1, 0.15) is 16.7 Å². The third kappa shape index (κ3) is 5.54. The first-order valence-electron chi connectivity index (χ1n) is 10.7. The van der Waals surface area contributed by atoms with Crippen molar-refractivity contribution in [2.75, 3.05) is 12.5 Å². The third-order valence-corrected chi connectivity index (χ3v) is 5.37. The lowest BCUT2D eigenvalue weighted by Crippen LogP contribution is -2.06. The number of halogens is 3. The molecule has 0 aliphatic rings. The number of alkyl halides is 3. The number of nitrogens with zero attached hydrogens (tertiary/aromatic N) is 2. The second-order valence-corrected chi connectivity index (χ2v) is 7.69. The Morgan fingerprint density at radius 3 is 2.53 bits per heavy atom. The van der Waals surface area contributed by atoms with Crippen molar-refractivity contribution in [3.63, 3.8) is 0 Å². The topological polar surface area (TPSA) is 86.0 Å². The molecule has 36 heavy (non-hydrogen) atoms. The van der Waals surface area contributed by atoms with Gasteiger partial charge in [0.1, 0.15) is 12.3 Å². The van der Waals surface area contributed by atoms with E-state index in [9.17, 15) is 23.3 Å². The van der Waals surface area contributed by atoms with E-state index in [1.54, 1.807) is 18.2 Å². The van der Waals surface area contributed by atoms with Crippen LogP contribution in [0.2, 0.25) is 0 Å². The molecule has 0 saturated heterocycles. The lowest BCUT2D eigenvalue weighted by atomic mass is 10.1. The lowest BCUT2D eigenvalue weighted by molar-refractivity contribution is -0.384. The number of fused-ring (bicyclic) bond motifs is 1. The van der Waals surface area contributed by atoms with Gasteiger partial charge in [0, 0.05) is 6.07 Å². The highest BCUT2D eigenvalue weighted by Gasteiger charge is 2.33. The minimum atomic E-state index is -4.69. The lowest BCUT2D eigenvalue weighted by Gasteiger charge is -2.13. The SMILES string of the molecule is COc1cc(/C=N\Nc2ccc(C(F)(F)F)cc2[N+](=O)[O-])ccc1OCc1cccc2ccccc12. The predicted octanol–water partition coefficient (Wildman–Crippen LogP) is 6.80. The zero-order valence-electron chi connectivity index (χ0n) is 19.0. The fourth-order valence-corrected chi connectivity index (χ4v) is 3.59. The van der Waals surface area contributed by atoms with Crippen molar-refractivity contribution in [3.05, 3.63) is 106 Å². The molecule has 0 heterocycles. The zero-order valence-corrected chi connectivity index (χ0v) is 19.0. The van der Waals surface area contributed by atoms with Crippen molar-refractivity contribution >= 4 is 28.4 Å². The molecule has 7 nitrogen and oxygen atoms in total. The van der Waals surface area contributed by atoms with E-state index in [0.717, 1.165) is 28.5 Å². The maximum atomic E-state index is 12.9. The molecular formula is C26H20F3N3O4. The highest BCUT2D eigenvalue weighted by molar-refractivity contribution is 5.85. The second-order valence-electron chi connectivity index (χ2n) is 7.69. The Morgan fingerprint density at radius 1 is 1.00 bits per heavy atom. The maximum Gasteiger partial charge on any atom is 0.416 e. The van der Waals surface area contributed by atoms with Crippen LogP contribution < -0.4 is 14.9 Å². The molecule has 0 amide bonds. The average Bonchev–Trinajstić information content (AvgIpc) is 2.87.